The van der Waals surface area contributed by atoms with Gasteiger partial charge in [-0.3, -0.25) is 10.1 Å². The third kappa shape index (κ3) is 2.76. The fraction of sp³-hybridized carbons (Fsp3) is 0. The second-order valence-corrected chi connectivity index (χ2v) is 6.42. The zero-order valence-electron chi connectivity index (χ0n) is 10.8. The number of nitrogens with zero attached hydrogens (tertiary/aromatic N) is 3. The highest BCUT2D eigenvalue weighted by molar-refractivity contribution is 8.01. The molecule has 3 aromatic rings. The molecule has 0 radical (unpaired) electrons. The summed E-state index contributed by atoms with van der Waals surface area (Å²) in [5, 5.41) is 20.0. The van der Waals surface area contributed by atoms with Crippen molar-refractivity contribution in [2.24, 2.45) is 0 Å². The van der Waals surface area contributed by atoms with Crippen molar-refractivity contribution in [3.8, 4) is 0 Å². The van der Waals surface area contributed by atoms with E-state index in [-0.39, 0.29) is 11.3 Å². The summed E-state index contributed by atoms with van der Waals surface area (Å²) in [5.41, 5.74) is 0.355. The number of nitro groups is 1. The van der Waals surface area contributed by atoms with Crippen LogP contribution in [0.1, 0.15) is 10.4 Å². The minimum absolute atomic E-state index is 0.119. The van der Waals surface area contributed by atoms with E-state index in [0.29, 0.717) is 9.24 Å². The molecule has 0 aliphatic rings. The molecule has 0 saturated heterocycles. The summed E-state index contributed by atoms with van der Waals surface area (Å²) in [4.78, 5) is 31.1. The number of nitro benzene ring substituents is 1. The van der Waals surface area contributed by atoms with E-state index in [1.807, 2.05) is 6.07 Å². The summed E-state index contributed by atoms with van der Waals surface area (Å²) in [6.07, 6.45) is 1.66. The van der Waals surface area contributed by atoms with Gasteiger partial charge in [-0.05, 0) is 18.2 Å². The average Bonchev–Trinajstić information content (AvgIpc) is 2.89. The van der Waals surface area contributed by atoms with E-state index < -0.39 is 10.9 Å². The molecule has 0 atom stereocenters. The number of aromatic carboxylic acids is 1. The van der Waals surface area contributed by atoms with E-state index >= 15 is 0 Å². The first-order chi connectivity index (χ1) is 10.5. The SMILES string of the molecule is O=C(O)c1cc([N+](=O)[O-])ccc1Sc1nc2cccnc2s1. The Morgan fingerprint density at radius 1 is 1.36 bits per heavy atom. The van der Waals surface area contributed by atoms with Crippen LogP contribution in [0.15, 0.2) is 45.8 Å². The molecule has 0 spiro atoms. The van der Waals surface area contributed by atoms with E-state index in [4.69, 9.17) is 0 Å². The van der Waals surface area contributed by atoms with Crippen LogP contribution >= 0.6 is 23.1 Å². The molecule has 9 heteroatoms. The number of fused-ring (bicyclic) bond motifs is 1. The number of pyridine rings is 1. The maximum absolute atomic E-state index is 11.3. The lowest BCUT2D eigenvalue weighted by molar-refractivity contribution is -0.384. The first kappa shape index (κ1) is 14.4. The Bertz CT molecular complexity index is 861. The molecule has 0 aliphatic carbocycles. The van der Waals surface area contributed by atoms with E-state index in [1.165, 1.54) is 23.5 Å². The van der Waals surface area contributed by atoms with E-state index in [9.17, 15) is 20.0 Å². The van der Waals surface area contributed by atoms with Crippen molar-refractivity contribution in [1.29, 1.82) is 0 Å². The van der Waals surface area contributed by atoms with Gasteiger partial charge >= 0.3 is 5.97 Å². The molecular weight excluding hydrogens is 326 g/mol. The van der Waals surface area contributed by atoms with Gasteiger partial charge in [-0.25, -0.2) is 14.8 Å². The number of rotatable bonds is 4. The highest BCUT2D eigenvalue weighted by Crippen LogP contribution is 2.36. The van der Waals surface area contributed by atoms with Crippen molar-refractivity contribution < 1.29 is 14.8 Å². The summed E-state index contributed by atoms with van der Waals surface area (Å²) in [5.74, 6) is -1.22. The number of thiazole rings is 1. The molecular formula is C13H7N3O4S2. The molecule has 0 unspecified atom stereocenters. The van der Waals surface area contributed by atoms with Gasteiger partial charge in [-0.2, -0.15) is 0 Å². The Morgan fingerprint density at radius 2 is 2.18 bits per heavy atom. The summed E-state index contributed by atoms with van der Waals surface area (Å²) in [6.45, 7) is 0. The van der Waals surface area contributed by atoms with E-state index in [2.05, 4.69) is 9.97 Å². The molecule has 0 bridgehead atoms. The van der Waals surface area contributed by atoms with Gasteiger partial charge < -0.3 is 5.11 Å². The molecule has 2 aromatic heterocycles. The van der Waals surface area contributed by atoms with Gasteiger partial charge in [0.15, 0.2) is 4.34 Å². The summed E-state index contributed by atoms with van der Waals surface area (Å²) >= 11 is 2.49. The second kappa shape index (κ2) is 5.70. The van der Waals surface area contributed by atoms with Crippen LogP contribution in [0.3, 0.4) is 0 Å². The highest BCUT2D eigenvalue weighted by Gasteiger charge is 2.18. The Balaban J connectivity index is 2.00. The molecule has 0 fully saturated rings. The molecule has 1 aromatic carbocycles. The van der Waals surface area contributed by atoms with Crippen molar-refractivity contribution in [2.75, 3.05) is 0 Å². The largest absolute Gasteiger partial charge is 0.478 e. The van der Waals surface area contributed by atoms with Crippen molar-refractivity contribution in [1.82, 2.24) is 9.97 Å². The number of aromatic nitrogens is 2. The Morgan fingerprint density at radius 3 is 2.86 bits per heavy atom. The zero-order chi connectivity index (χ0) is 15.7. The molecule has 3 rings (SSSR count). The number of carbonyl (C=O) groups is 1. The first-order valence-electron chi connectivity index (χ1n) is 5.96. The van der Waals surface area contributed by atoms with Crippen LogP contribution in [0.5, 0.6) is 0 Å². The van der Waals surface area contributed by atoms with Crippen LogP contribution < -0.4 is 0 Å². The van der Waals surface area contributed by atoms with Gasteiger partial charge in [0.05, 0.1) is 10.5 Å². The van der Waals surface area contributed by atoms with Gasteiger partial charge in [0.1, 0.15) is 10.3 Å². The normalized spacial score (nSPS) is 10.7. The van der Waals surface area contributed by atoms with E-state index in [1.54, 1.807) is 12.3 Å². The first-order valence-corrected chi connectivity index (χ1v) is 7.59. The Kier molecular flexibility index (Phi) is 3.73. The average molecular weight is 333 g/mol. The van der Waals surface area contributed by atoms with Gasteiger partial charge in [-0.15, -0.1) is 0 Å². The fourth-order valence-electron chi connectivity index (χ4n) is 1.78. The predicted molar refractivity (Wildman–Crippen MR) is 81.6 cm³/mol. The standard InChI is InChI=1S/C13H7N3O4S2/c17-12(18)8-6-7(16(19)20)3-4-10(8)21-13-15-9-2-1-5-14-11(9)22-13/h1-6H,(H,17,18). The number of carboxylic acids is 1. The third-order valence-corrected chi connectivity index (χ3v) is 4.86. The van der Waals surface area contributed by atoms with E-state index in [0.717, 1.165) is 28.2 Å². The van der Waals surface area contributed by atoms with Gasteiger partial charge in [0.2, 0.25) is 0 Å². The molecule has 0 saturated carbocycles. The van der Waals surface area contributed by atoms with Gasteiger partial charge in [-0.1, -0.05) is 23.1 Å². The molecule has 2 heterocycles. The van der Waals surface area contributed by atoms with Crippen LogP contribution in [0.4, 0.5) is 5.69 Å². The molecule has 7 nitrogen and oxygen atoms in total. The summed E-state index contributed by atoms with van der Waals surface area (Å²) in [7, 11) is 0. The highest BCUT2D eigenvalue weighted by atomic mass is 32.2. The summed E-state index contributed by atoms with van der Waals surface area (Å²) < 4.78 is 0.630. The molecule has 110 valence electrons. The number of carboxylic acid groups (broad SMARTS) is 1. The van der Waals surface area contributed by atoms with Crippen molar-refractivity contribution in [3.05, 3.63) is 52.2 Å². The smallest absolute Gasteiger partial charge is 0.337 e. The van der Waals surface area contributed by atoms with Gasteiger partial charge in [0, 0.05) is 23.2 Å². The maximum atomic E-state index is 11.3. The predicted octanol–water partition coefficient (Wildman–Crippen LogP) is 3.45. The lowest BCUT2D eigenvalue weighted by Crippen LogP contribution is -2.00. The minimum Gasteiger partial charge on any atom is -0.478 e. The topological polar surface area (TPSA) is 106 Å². The fourth-order valence-corrected chi connectivity index (χ4v) is 3.81. The number of benzene rings is 1. The van der Waals surface area contributed by atoms with Crippen LogP contribution in [-0.2, 0) is 0 Å². The third-order valence-electron chi connectivity index (χ3n) is 2.75. The van der Waals surface area contributed by atoms with Gasteiger partial charge in [0.25, 0.3) is 5.69 Å². The lowest BCUT2D eigenvalue weighted by Gasteiger charge is -2.03. The van der Waals surface area contributed by atoms with Crippen LogP contribution in [0, 0.1) is 10.1 Å². The van der Waals surface area contributed by atoms with Crippen LogP contribution in [0.2, 0.25) is 0 Å². The zero-order valence-corrected chi connectivity index (χ0v) is 12.4. The molecule has 0 amide bonds. The number of hydrogen-bond acceptors (Lipinski definition) is 7. The van der Waals surface area contributed by atoms with Crippen molar-refractivity contribution in [2.45, 2.75) is 9.24 Å². The Hall–Kier alpha value is -2.52. The van der Waals surface area contributed by atoms with Crippen molar-refractivity contribution in [3.63, 3.8) is 0 Å². The van der Waals surface area contributed by atoms with Crippen LogP contribution in [-0.4, -0.2) is 26.0 Å². The second-order valence-electron chi connectivity index (χ2n) is 4.15. The maximum Gasteiger partial charge on any atom is 0.337 e. The lowest BCUT2D eigenvalue weighted by atomic mass is 10.2. The molecule has 1 N–H and O–H groups in total. The molecule has 22 heavy (non-hydrogen) atoms. The number of hydrogen-bond donors (Lipinski definition) is 1. The number of non-ortho nitro benzene ring substituents is 1. The van der Waals surface area contributed by atoms with Crippen LogP contribution in [0.25, 0.3) is 10.3 Å². The minimum atomic E-state index is -1.22. The Labute approximate surface area is 131 Å². The van der Waals surface area contributed by atoms with Crippen molar-refractivity contribution >= 4 is 45.1 Å². The monoisotopic (exact) mass is 333 g/mol. The summed E-state index contributed by atoms with van der Waals surface area (Å²) in [6, 6.07) is 7.34. The molecule has 0 aliphatic heterocycles. The quantitative estimate of drug-likeness (QED) is 0.575.